The van der Waals surface area contributed by atoms with Crippen LogP contribution in [0.5, 0.6) is 0 Å². The summed E-state index contributed by atoms with van der Waals surface area (Å²) < 4.78 is 1.99. The van der Waals surface area contributed by atoms with Crippen LogP contribution in [-0.4, -0.2) is 16.7 Å². The maximum atomic E-state index is 6.27. The summed E-state index contributed by atoms with van der Waals surface area (Å²) in [5, 5.41) is 0. The Hall–Kier alpha value is -0.0900. The van der Waals surface area contributed by atoms with Crippen molar-refractivity contribution < 1.29 is 0 Å². The fourth-order valence-electron chi connectivity index (χ4n) is 2.15. The molecule has 0 spiro atoms. The van der Waals surface area contributed by atoms with E-state index in [-0.39, 0.29) is 5.41 Å². The molecule has 0 aliphatic carbocycles. The first-order valence-electron chi connectivity index (χ1n) is 6.07. The summed E-state index contributed by atoms with van der Waals surface area (Å²) >= 11 is 19.5. The number of pyridine rings is 1. The van der Waals surface area contributed by atoms with Gasteiger partial charge in [-0.3, -0.25) is 4.98 Å². The zero-order chi connectivity index (χ0) is 14.6. The van der Waals surface area contributed by atoms with Crippen LogP contribution in [0.15, 0.2) is 51.7 Å². The quantitative estimate of drug-likeness (QED) is 0.557. The van der Waals surface area contributed by atoms with Gasteiger partial charge in [-0.25, -0.2) is 0 Å². The fourth-order valence-corrected chi connectivity index (χ4v) is 3.74. The largest absolute Gasteiger partial charge is 0.263 e. The van der Waals surface area contributed by atoms with Crippen LogP contribution in [0.25, 0.3) is 0 Å². The molecule has 0 saturated heterocycles. The molecule has 1 aromatic carbocycles. The summed E-state index contributed by atoms with van der Waals surface area (Å²) in [6, 6.07) is 10.2. The summed E-state index contributed by atoms with van der Waals surface area (Å²) in [5.41, 5.74) is 1.95. The molecular formula is C15H13Br2Cl2N. The Morgan fingerprint density at radius 2 is 1.75 bits per heavy atom. The molecule has 0 bridgehead atoms. The molecule has 2 aromatic rings. The Kier molecular flexibility index (Phi) is 5.91. The van der Waals surface area contributed by atoms with Crippen molar-refractivity contribution in [3.63, 3.8) is 0 Å². The van der Waals surface area contributed by atoms with E-state index in [1.54, 1.807) is 6.20 Å². The average Bonchev–Trinajstić information content (AvgIpc) is 2.45. The van der Waals surface area contributed by atoms with Gasteiger partial charge in [-0.15, -0.1) is 23.2 Å². The fraction of sp³-hybridized carbons (Fsp3) is 0.267. The Morgan fingerprint density at radius 3 is 2.35 bits per heavy atom. The molecule has 0 fully saturated rings. The molecule has 0 saturated carbocycles. The maximum absolute atomic E-state index is 6.27. The molecule has 5 heteroatoms. The van der Waals surface area contributed by atoms with Crippen molar-refractivity contribution in [2.24, 2.45) is 0 Å². The first kappa shape index (κ1) is 16.3. The molecule has 0 N–H and O–H groups in total. The number of halogens is 4. The monoisotopic (exact) mass is 435 g/mol. The van der Waals surface area contributed by atoms with E-state index in [1.165, 1.54) is 0 Å². The van der Waals surface area contributed by atoms with Crippen LogP contribution in [0.3, 0.4) is 0 Å². The molecule has 0 aliphatic heterocycles. The Bertz CT molecular complexity index is 586. The maximum Gasteiger partial charge on any atom is 0.0410 e. The minimum Gasteiger partial charge on any atom is -0.263 e. The average molecular weight is 438 g/mol. The van der Waals surface area contributed by atoms with Crippen LogP contribution in [0.4, 0.5) is 0 Å². The minimum atomic E-state index is -0.296. The molecule has 0 atom stereocenters. The van der Waals surface area contributed by atoms with Crippen molar-refractivity contribution in [3.05, 3.63) is 62.8 Å². The van der Waals surface area contributed by atoms with E-state index in [4.69, 9.17) is 23.2 Å². The number of hydrogen-bond donors (Lipinski definition) is 0. The van der Waals surface area contributed by atoms with Crippen LogP contribution < -0.4 is 0 Å². The Balaban J connectivity index is 2.39. The molecule has 2 rings (SSSR count). The van der Waals surface area contributed by atoms with Gasteiger partial charge in [0.05, 0.1) is 0 Å². The van der Waals surface area contributed by atoms with E-state index in [1.807, 2.05) is 18.3 Å². The van der Waals surface area contributed by atoms with Gasteiger partial charge in [0.1, 0.15) is 0 Å². The number of hydrogen-bond acceptors (Lipinski definition) is 1. The highest BCUT2D eigenvalue weighted by atomic mass is 79.9. The summed E-state index contributed by atoms with van der Waals surface area (Å²) in [4.78, 5) is 4.21. The number of alkyl halides is 2. The van der Waals surface area contributed by atoms with Crippen LogP contribution in [0.1, 0.15) is 11.1 Å². The van der Waals surface area contributed by atoms with Crippen molar-refractivity contribution in [3.8, 4) is 0 Å². The van der Waals surface area contributed by atoms with Crippen LogP contribution >= 0.6 is 55.1 Å². The zero-order valence-corrected chi connectivity index (χ0v) is 15.3. The van der Waals surface area contributed by atoms with Crippen LogP contribution in [-0.2, 0) is 11.8 Å². The van der Waals surface area contributed by atoms with Gasteiger partial charge >= 0.3 is 0 Å². The SMILES string of the molecule is ClCC(CCl)(Cc1cncc(Br)c1)c1cccc(Br)c1. The summed E-state index contributed by atoms with van der Waals surface area (Å²) in [5.74, 6) is 0.916. The van der Waals surface area contributed by atoms with E-state index in [9.17, 15) is 0 Å². The summed E-state index contributed by atoms with van der Waals surface area (Å²) in [6.45, 7) is 0. The first-order valence-corrected chi connectivity index (χ1v) is 8.72. The molecule has 1 nitrogen and oxygen atoms in total. The third-order valence-corrected chi connectivity index (χ3v) is 5.20. The lowest BCUT2D eigenvalue weighted by atomic mass is 9.79. The van der Waals surface area contributed by atoms with Gasteiger partial charge in [0.25, 0.3) is 0 Å². The van der Waals surface area contributed by atoms with Crippen LogP contribution in [0, 0.1) is 0 Å². The number of nitrogens with zero attached hydrogens (tertiary/aromatic N) is 1. The predicted octanol–water partition coefficient (Wildman–Crippen LogP) is 5.56. The smallest absolute Gasteiger partial charge is 0.0410 e. The Labute approximate surface area is 146 Å². The second-order valence-electron chi connectivity index (χ2n) is 4.75. The lowest BCUT2D eigenvalue weighted by Crippen LogP contribution is -2.33. The number of rotatable bonds is 5. The van der Waals surface area contributed by atoms with Gasteiger partial charge in [-0.05, 0) is 51.7 Å². The van der Waals surface area contributed by atoms with E-state index >= 15 is 0 Å². The molecule has 0 unspecified atom stereocenters. The van der Waals surface area contributed by atoms with Crippen molar-refractivity contribution in [2.45, 2.75) is 11.8 Å². The molecule has 106 valence electrons. The second kappa shape index (κ2) is 7.26. The van der Waals surface area contributed by atoms with Gasteiger partial charge in [-0.1, -0.05) is 28.1 Å². The lowest BCUT2D eigenvalue weighted by Gasteiger charge is -2.30. The molecule has 1 heterocycles. The van der Waals surface area contributed by atoms with Crippen molar-refractivity contribution in [2.75, 3.05) is 11.8 Å². The predicted molar refractivity (Wildman–Crippen MR) is 92.9 cm³/mol. The van der Waals surface area contributed by atoms with Gasteiger partial charge in [-0.2, -0.15) is 0 Å². The normalized spacial score (nSPS) is 11.6. The Morgan fingerprint density at radius 1 is 1.00 bits per heavy atom. The standard InChI is InChI=1S/C15H13Br2Cl2N/c16-13-3-1-2-12(5-13)15(9-18,10-19)6-11-4-14(17)8-20-7-11/h1-5,7-8H,6,9-10H2. The highest BCUT2D eigenvalue weighted by molar-refractivity contribution is 9.10. The molecule has 0 aliphatic rings. The molecule has 0 radical (unpaired) electrons. The van der Waals surface area contributed by atoms with Crippen molar-refractivity contribution in [1.29, 1.82) is 0 Å². The lowest BCUT2D eigenvalue weighted by molar-refractivity contribution is 0.535. The zero-order valence-electron chi connectivity index (χ0n) is 10.6. The third-order valence-electron chi connectivity index (χ3n) is 3.25. The van der Waals surface area contributed by atoms with Gasteiger partial charge < -0.3 is 0 Å². The van der Waals surface area contributed by atoms with E-state index in [0.717, 1.165) is 26.5 Å². The van der Waals surface area contributed by atoms with Crippen LogP contribution in [0.2, 0.25) is 0 Å². The molecule has 0 amide bonds. The number of benzene rings is 1. The van der Waals surface area contributed by atoms with Crippen molar-refractivity contribution in [1.82, 2.24) is 4.98 Å². The minimum absolute atomic E-state index is 0.296. The second-order valence-corrected chi connectivity index (χ2v) is 7.11. The van der Waals surface area contributed by atoms with Crippen molar-refractivity contribution >= 4 is 55.1 Å². The number of aromatic nitrogens is 1. The van der Waals surface area contributed by atoms with Gasteiger partial charge in [0.15, 0.2) is 0 Å². The first-order chi connectivity index (χ1) is 9.59. The van der Waals surface area contributed by atoms with E-state index in [2.05, 4.69) is 55.0 Å². The highest BCUT2D eigenvalue weighted by Crippen LogP contribution is 2.33. The summed E-state index contributed by atoms with van der Waals surface area (Å²) in [6.07, 6.45) is 4.38. The topological polar surface area (TPSA) is 12.9 Å². The highest BCUT2D eigenvalue weighted by Gasteiger charge is 2.31. The molecular weight excluding hydrogens is 425 g/mol. The van der Waals surface area contributed by atoms with E-state index < -0.39 is 0 Å². The van der Waals surface area contributed by atoms with Gasteiger partial charge in [0.2, 0.25) is 0 Å². The molecule has 1 aromatic heterocycles. The summed E-state index contributed by atoms with van der Waals surface area (Å²) in [7, 11) is 0. The van der Waals surface area contributed by atoms with E-state index in [0.29, 0.717) is 11.8 Å². The van der Waals surface area contributed by atoms with Gasteiger partial charge in [0, 0.05) is 38.5 Å². The molecule has 20 heavy (non-hydrogen) atoms. The third kappa shape index (κ3) is 3.76.